The number of carboxylic acid groups (broad SMARTS) is 1. The Morgan fingerprint density at radius 2 is 2.20 bits per heavy atom. The van der Waals surface area contributed by atoms with Crippen LogP contribution in [-0.4, -0.2) is 44.3 Å². The van der Waals surface area contributed by atoms with E-state index in [1.54, 1.807) is 16.8 Å². The average Bonchev–Trinajstić information content (AvgIpc) is 3.01. The van der Waals surface area contributed by atoms with Crippen LogP contribution in [0.15, 0.2) is 30.6 Å². The molecule has 3 aromatic rings. The van der Waals surface area contributed by atoms with E-state index in [0.29, 0.717) is 22.8 Å². The molecule has 130 valence electrons. The molecule has 3 heterocycles. The maximum absolute atomic E-state index is 11.3. The van der Waals surface area contributed by atoms with Crippen LogP contribution in [-0.2, 0) is 0 Å². The zero-order valence-electron chi connectivity index (χ0n) is 14.2. The van der Waals surface area contributed by atoms with Gasteiger partial charge in [0.05, 0.1) is 19.0 Å². The number of fused-ring (bicyclic) bond motifs is 1. The fourth-order valence-corrected chi connectivity index (χ4v) is 2.34. The fourth-order valence-electron chi connectivity index (χ4n) is 2.34. The first-order valence-electron chi connectivity index (χ1n) is 7.86. The summed E-state index contributed by atoms with van der Waals surface area (Å²) in [6, 6.07) is 5.11. The molecular weight excluding hydrogens is 322 g/mol. The predicted molar refractivity (Wildman–Crippen MR) is 93.1 cm³/mol. The van der Waals surface area contributed by atoms with Crippen molar-refractivity contribution in [3.05, 3.63) is 36.2 Å². The van der Waals surface area contributed by atoms with E-state index >= 15 is 0 Å². The number of aromatic carboxylic acids is 1. The second-order valence-electron chi connectivity index (χ2n) is 6.01. The molecule has 8 heteroatoms. The largest absolute Gasteiger partial charge is 0.480 e. The Balaban J connectivity index is 1.96. The van der Waals surface area contributed by atoms with Gasteiger partial charge in [0.25, 0.3) is 0 Å². The third-order valence-corrected chi connectivity index (χ3v) is 3.58. The van der Waals surface area contributed by atoms with Crippen molar-refractivity contribution in [2.75, 3.05) is 19.0 Å². The lowest BCUT2D eigenvalue weighted by atomic mass is 10.1. The molecule has 3 aromatic heterocycles. The highest BCUT2D eigenvalue weighted by molar-refractivity contribution is 5.91. The number of carbonyl (C=O) groups is 1. The Kier molecular flexibility index (Phi) is 4.51. The van der Waals surface area contributed by atoms with Crippen LogP contribution in [0.2, 0.25) is 0 Å². The van der Waals surface area contributed by atoms with Gasteiger partial charge in [-0.3, -0.25) is 0 Å². The Hall–Kier alpha value is -3.16. The summed E-state index contributed by atoms with van der Waals surface area (Å²) in [5, 5.41) is 17.0. The normalized spacial score (nSPS) is 11.0. The monoisotopic (exact) mass is 341 g/mol. The Morgan fingerprint density at radius 1 is 1.40 bits per heavy atom. The van der Waals surface area contributed by atoms with Gasteiger partial charge < -0.3 is 15.2 Å². The quantitative estimate of drug-likeness (QED) is 0.710. The first-order chi connectivity index (χ1) is 12.0. The number of carboxylic acids is 1. The average molecular weight is 341 g/mol. The lowest BCUT2D eigenvalue weighted by Gasteiger charge is -2.06. The number of anilines is 1. The highest BCUT2D eigenvalue weighted by Gasteiger charge is 2.15. The van der Waals surface area contributed by atoms with Crippen LogP contribution in [0.5, 0.6) is 5.88 Å². The fraction of sp³-hybridized carbons (Fsp3) is 0.294. The van der Waals surface area contributed by atoms with E-state index in [1.165, 1.54) is 19.4 Å². The molecule has 0 aliphatic carbocycles. The Labute approximate surface area is 144 Å². The zero-order valence-corrected chi connectivity index (χ0v) is 14.2. The van der Waals surface area contributed by atoms with Crippen LogP contribution in [0.25, 0.3) is 16.9 Å². The van der Waals surface area contributed by atoms with E-state index in [9.17, 15) is 9.90 Å². The molecule has 0 fully saturated rings. The lowest BCUT2D eigenvalue weighted by Crippen LogP contribution is -2.07. The second kappa shape index (κ2) is 6.76. The summed E-state index contributed by atoms with van der Waals surface area (Å²) in [6.07, 6.45) is 3.34. The summed E-state index contributed by atoms with van der Waals surface area (Å²) < 4.78 is 6.64. The van der Waals surface area contributed by atoms with Crippen molar-refractivity contribution in [1.29, 1.82) is 0 Å². The minimum atomic E-state index is -1.10. The maximum atomic E-state index is 11.3. The molecule has 0 saturated heterocycles. The minimum Gasteiger partial charge on any atom is -0.480 e. The van der Waals surface area contributed by atoms with Crippen LogP contribution in [0.3, 0.4) is 0 Å². The van der Waals surface area contributed by atoms with Crippen LogP contribution in [0.1, 0.15) is 24.2 Å². The van der Waals surface area contributed by atoms with Gasteiger partial charge in [0.1, 0.15) is 11.4 Å². The number of imidazole rings is 1. The number of methoxy groups -OCH3 is 1. The van der Waals surface area contributed by atoms with E-state index < -0.39 is 5.97 Å². The molecule has 0 atom stereocenters. The first-order valence-corrected chi connectivity index (χ1v) is 7.86. The number of hydrogen-bond donors (Lipinski definition) is 2. The molecule has 25 heavy (non-hydrogen) atoms. The lowest BCUT2D eigenvalue weighted by molar-refractivity contribution is 0.0692. The molecular formula is C17H19N5O3. The van der Waals surface area contributed by atoms with Crippen molar-refractivity contribution in [2.24, 2.45) is 5.92 Å². The van der Waals surface area contributed by atoms with Gasteiger partial charge in [-0.1, -0.05) is 13.8 Å². The third-order valence-electron chi connectivity index (χ3n) is 3.58. The molecule has 0 aliphatic rings. The summed E-state index contributed by atoms with van der Waals surface area (Å²) in [7, 11) is 1.38. The van der Waals surface area contributed by atoms with Crippen molar-refractivity contribution in [3.63, 3.8) is 0 Å². The van der Waals surface area contributed by atoms with E-state index in [2.05, 4.69) is 34.2 Å². The number of rotatable bonds is 6. The van der Waals surface area contributed by atoms with Gasteiger partial charge in [0, 0.05) is 18.3 Å². The number of ether oxygens (including phenoxy) is 1. The highest BCUT2D eigenvalue weighted by atomic mass is 16.5. The molecule has 0 aliphatic heterocycles. The van der Waals surface area contributed by atoms with Crippen LogP contribution >= 0.6 is 0 Å². The number of pyridine rings is 1. The van der Waals surface area contributed by atoms with Crippen molar-refractivity contribution in [1.82, 2.24) is 19.6 Å². The molecule has 0 bridgehead atoms. The molecule has 0 spiro atoms. The molecule has 0 unspecified atom stereocenters. The summed E-state index contributed by atoms with van der Waals surface area (Å²) in [6.45, 7) is 5.06. The van der Waals surface area contributed by atoms with Gasteiger partial charge in [-0.2, -0.15) is 5.10 Å². The van der Waals surface area contributed by atoms with E-state index in [4.69, 9.17) is 4.74 Å². The third kappa shape index (κ3) is 3.52. The zero-order chi connectivity index (χ0) is 18.0. The Bertz CT molecular complexity index is 920. The highest BCUT2D eigenvalue weighted by Crippen LogP contribution is 2.23. The molecule has 0 saturated carbocycles. The Morgan fingerprint density at radius 3 is 2.88 bits per heavy atom. The number of aromatic nitrogens is 4. The topological polar surface area (TPSA) is 102 Å². The number of nitrogens with zero attached hydrogens (tertiary/aromatic N) is 4. The van der Waals surface area contributed by atoms with Crippen molar-refractivity contribution >= 4 is 17.4 Å². The molecule has 0 radical (unpaired) electrons. The number of nitrogens with one attached hydrogen (secondary N) is 1. The van der Waals surface area contributed by atoms with Gasteiger partial charge in [-0.15, -0.1) is 0 Å². The van der Waals surface area contributed by atoms with Crippen LogP contribution in [0, 0.1) is 5.92 Å². The van der Waals surface area contributed by atoms with Crippen molar-refractivity contribution in [3.8, 4) is 17.1 Å². The van der Waals surface area contributed by atoms with Crippen LogP contribution in [0.4, 0.5) is 5.82 Å². The van der Waals surface area contributed by atoms with Crippen molar-refractivity contribution in [2.45, 2.75) is 13.8 Å². The molecule has 0 aromatic carbocycles. The van der Waals surface area contributed by atoms with Gasteiger partial charge in [-0.05, 0) is 24.1 Å². The summed E-state index contributed by atoms with van der Waals surface area (Å²) in [4.78, 5) is 19.8. The van der Waals surface area contributed by atoms with Crippen LogP contribution < -0.4 is 10.1 Å². The summed E-state index contributed by atoms with van der Waals surface area (Å²) >= 11 is 0. The van der Waals surface area contributed by atoms with Crippen molar-refractivity contribution < 1.29 is 14.6 Å². The number of hydrogen-bond acceptors (Lipinski definition) is 6. The predicted octanol–water partition coefficient (Wildman–Crippen LogP) is 2.57. The van der Waals surface area contributed by atoms with E-state index in [-0.39, 0.29) is 11.4 Å². The minimum absolute atomic E-state index is 0.00758. The second-order valence-corrected chi connectivity index (χ2v) is 6.01. The first kappa shape index (κ1) is 16.7. The summed E-state index contributed by atoms with van der Waals surface area (Å²) in [5.74, 6) is 0.223. The smallest absolute Gasteiger partial charge is 0.341 e. The molecule has 2 N–H and O–H groups in total. The van der Waals surface area contributed by atoms with E-state index in [0.717, 1.165) is 12.4 Å². The van der Waals surface area contributed by atoms with Gasteiger partial charge in [0.2, 0.25) is 5.88 Å². The molecule has 0 amide bonds. The van der Waals surface area contributed by atoms with E-state index in [1.807, 2.05) is 6.07 Å². The molecule has 3 rings (SSSR count). The van der Waals surface area contributed by atoms with Gasteiger partial charge in [-0.25, -0.2) is 19.3 Å². The standard InChI is InChI=1S/C17H19N5O3/c1-10(2)7-18-14-9-22-15(20-14)5-4-13(21-22)11-6-12(17(23)24)16(25-3)19-8-11/h4-6,8-10,18H,7H2,1-3H3,(H,23,24). The SMILES string of the molecule is COc1ncc(-c2ccc3nc(NCC(C)C)cn3n2)cc1C(=O)O. The molecule has 8 nitrogen and oxygen atoms in total. The van der Waals surface area contributed by atoms with Gasteiger partial charge >= 0.3 is 5.97 Å². The van der Waals surface area contributed by atoms with Gasteiger partial charge in [0.15, 0.2) is 5.65 Å². The summed E-state index contributed by atoms with van der Waals surface area (Å²) in [5.41, 5.74) is 1.88. The maximum Gasteiger partial charge on any atom is 0.341 e.